The van der Waals surface area contributed by atoms with Crippen molar-refractivity contribution >= 4 is 62.3 Å². The molecule has 3 rings (SSSR count). The van der Waals surface area contributed by atoms with Crippen molar-refractivity contribution in [2.24, 2.45) is 0 Å². The summed E-state index contributed by atoms with van der Waals surface area (Å²) in [6, 6.07) is 14.5. The van der Waals surface area contributed by atoms with E-state index in [4.69, 9.17) is 39.5 Å². The third-order valence-corrected chi connectivity index (χ3v) is 8.98. The quantitative estimate of drug-likeness (QED) is 0.273. The summed E-state index contributed by atoms with van der Waals surface area (Å²) in [6.07, 6.45) is 0. The summed E-state index contributed by atoms with van der Waals surface area (Å²) in [4.78, 5) is 28.3. The molecule has 0 unspecified atom stereocenters. The molecular formula is C29H32Cl3N3O5S. The highest BCUT2D eigenvalue weighted by atomic mass is 35.5. The van der Waals surface area contributed by atoms with Gasteiger partial charge in [-0.1, -0.05) is 58.6 Å². The highest BCUT2D eigenvalue weighted by Gasteiger charge is 2.34. The number of carbonyl (C=O) groups is 2. The van der Waals surface area contributed by atoms with Crippen molar-refractivity contribution < 1.29 is 22.7 Å². The van der Waals surface area contributed by atoms with Gasteiger partial charge in [-0.2, -0.15) is 0 Å². The molecule has 0 spiro atoms. The zero-order valence-corrected chi connectivity index (χ0v) is 26.4. The average Bonchev–Trinajstić information content (AvgIpc) is 2.91. The van der Waals surface area contributed by atoms with Gasteiger partial charge in [0, 0.05) is 17.6 Å². The Labute approximate surface area is 256 Å². The minimum absolute atomic E-state index is 0.0282. The van der Waals surface area contributed by atoms with Crippen molar-refractivity contribution in [2.75, 3.05) is 18.0 Å². The zero-order valence-electron chi connectivity index (χ0n) is 23.3. The Kier molecular flexibility index (Phi) is 10.9. The van der Waals surface area contributed by atoms with Crippen LogP contribution < -0.4 is 14.4 Å². The number of hydrogen-bond donors (Lipinski definition) is 1. The molecule has 41 heavy (non-hydrogen) atoms. The number of rotatable bonds is 11. The van der Waals surface area contributed by atoms with E-state index in [2.05, 4.69) is 5.32 Å². The molecule has 2 amide bonds. The van der Waals surface area contributed by atoms with E-state index in [0.717, 1.165) is 9.87 Å². The van der Waals surface area contributed by atoms with Crippen LogP contribution in [0.3, 0.4) is 0 Å². The van der Waals surface area contributed by atoms with Crippen molar-refractivity contribution in [3.05, 3.63) is 86.9 Å². The third-order valence-electron chi connectivity index (χ3n) is 6.23. The first-order valence-corrected chi connectivity index (χ1v) is 15.3. The van der Waals surface area contributed by atoms with Crippen molar-refractivity contribution in [1.29, 1.82) is 0 Å². The predicted molar refractivity (Wildman–Crippen MR) is 163 cm³/mol. The molecule has 0 aliphatic carbocycles. The molecule has 3 aromatic carbocycles. The Morgan fingerprint density at radius 1 is 0.927 bits per heavy atom. The van der Waals surface area contributed by atoms with Gasteiger partial charge in [-0.25, -0.2) is 8.42 Å². The lowest BCUT2D eigenvalue weighted by Gasteiger charge is -2.32. The minimum atomic E-state index is -4.29. The van der Waals surface area contributed by atoms with Crippen LogP contribution in [0.1, 0.15) is 31.9 Å². The summed E-state index contributed by atoms with van der Waals surface area (Å²) in [6.45, 7) is 6.34. The number of aryl methyl sites for hydroxylation is 1. The Morgan fingerprint density at radius 2 is 1.59 bits per heavy atom. The summed E-state index contributed by atoms with van der Waals surface area (Å²) in [5, 5.41) is 3.67. The van der Waals surface area contributed by atoms with Crippen molar-refractivity contribution in [3.8, 4) is 5.75 Å². The van der Waals surface area contributed by atoms with E-state index in [-0.39, 0.29) is 39.0 Å². The maximum absolute atomic E-state index is 14.0. The molecule has 0 bridgehead atoms. The van der Waals surface area contributed by atoms with Gasteiger partial charge in [0.2, 0.25) is 11.8 Å². The van der Waals surface area contributed by atoms with Crippen LogP contribution in [-0.2, 0) is 26.2 Å². The van der Waals surface area contributed by atoms with E-state index >= 15 is 0 Å². The second kappa shape index (κ2) is 13.8. The van der Waals surface area contributed by atoms with Gasteiger partial charge in [0.1, 0.15) is 18.3 Å². The van der Waals surface area contributed by atoms with Crippen LogP contribution in [0.2, 0.25) is 15.1 Å². The highest BCUT2D eigenvalue weighted by molar-refractivity contribution is 7.92. The van der Waals surface area contributed by atoms with E-state index in [1.165, 1.54) is 36.3 Å². The Bertz CT molecular complexity index is 1510. The topological polar surface area (TPSA) is 96.0 Å². The van der Waals surface area contributed by atoms with Gasteiger partial charge in [0.05, 0.1) is 27.7 Å². The van der Waals surface area contributed by atoms with Gasteiger partial charge >= 0.3 is 0 Å². The lowest BCUT2D eigenvalue weighted by atomic mass is 10.1. The third kappa shape index (κ3) is 8.07. The van der Waals surface area contributed by atoms with Crippen LogP contribution in [0, 0.1) is 6.92 Å². The fraction of sp³-hybridized carbons (Fsp3) is 0.310. The molecule has 0 saturated carbocycles. The number of nitrogens with zero attached hydrogens (tertiary/aromatic N) is 2. The molecule has 220 valence electrons. The van der Waals surface area contributed by atoms with E-state index in [1.54, 1.807) is 57.2 Å². The number of hydrogen-bond acceptors (Lipinski definition) is 5. The first kappa shape index (κ1) is 32.5. The number of anilines is 1. The normalized spacial score (nSPS) is 12.1. The summed E-state index contributed by atoms with van der Waals surface area (Å²) in [5.74, 6) is -0.846. The second-order valence-electron chi connectivity index (χ2n) is 9.75. The summed E-state index contributed by atoms with van der Waals surface area (Å²) >= 11 is 18.5. The predicted octanol–water partition coefficient (Wildman–Crippen LogP) is 6.10. The summed E-state index contributed by atoms with van der Waals surface area (Å²) in [5.41, 5.74) is 1.54. The Balaban J connectivity index is 2.11. The van der Waals surface area contributed by atoms with E-state index < -0.39 is 34.4 Å². The maximum Gasteiger partial charge on any atom is 0.264 e. The molecule has 12 heteroatoms. The molecule has 0 aliphatic rings. The van der Waals surface area contributed by atoms with Crippen LogP contribution in [0.4, 0.5) is 5.69 Å². The summed E-state index contributed by atoms with van der Waals surface area (Å²) < 4.78 is 34.4. The van der Waals surface area contributed by atoms with Gasteiger partial charge in [0.15, 0.2) is 0 Å². The maximum atomic E-state index is 14.0. The number of methoxy groups -OCH3 is 1. The lowest BCUT2D eigenvalue weighted by Crippen LogP contribution is -2.52. The largest absolute Gasteiger partial charge is 0.495 e. The molecule has 1 atom stereocenters. The first-order chi connectivity index (χ1) is 19.2. The van der Waals surface area contributed by atoms with Crippen LogP contribution in [0.5, 0.6) is 5.75 Å². The molecule has 0 saturated heterocycles. The number of amides is 2. The van der Waals surface area contributed by atoms with Crippen molar-refractivity contribution in [3.63, 3.8) is 0 Å². The minimum Gasteiger partial charge on any atom is -0.495 e. The molecule has 0 heterocycles. The van der Waals surface area contributed by atoms with E-state index in [9.17, 15) is 18.0 Å². The van der Waals surface area contributed by atoms with Gasteiger partial charge in [-0.05, 0) is 75.7 Å². The number of benzene rings is 3. The molecule has 8 nitrogen and oxygen atoms in total. The number of halogens is 3. The Hall–Kier alpha value is -2.98. The second-order valence-corrected chi connectivity index (χ2v) is 12.9. The van der Waals surface area contributed by atoms with E-state index in [0.29, 0.717) is 10.6 Å². The first-order valence-electron chi connectivity index (χ1n) is 12.7. The molecule has 1 N–H and O–H groups in total. The van der Waals surface area contributed by atoms with Crippen LogP contribution in [0.25, 0.3) is 0 Å². The highest BCUT2D eigenvalue weighted by Crippen LogP contribution is 2.35. The van der Waals surface area contributed by atoms with E-state index in [1.807, 2.05) is 6.92 Å². The average molecular weight is 641 g/mol. The molecule has 0 fully saturated rings. The van der Waals surface area contributed by atoms with Crippen LogP contribution in [-0.4, -0.2) is 50.9 Å². The van der Waals surface area contributed by atoms with Crippen molar-refractivity contribution in [1.82, 2.24) is 10.2 Å². The molecule has 0 aromatic heterocycles. The number of carbonyl (C=O) groups excluding carboxylic acids is 2. The van der Waals surface area contributed by atoms with Crippen LogP contribution >= 0.6 is 34.8 Å². The van der Waals surface area contributed by atoms with Gasteiger partial charge < -0.3 is 15.0 Å². The lowest BCUT2D eigenvalue weighted by molar-refractivity contribution is -0.139. The zero-order chi connectivity index (χ0) is 30.5. The molecule has 0 aliphatic heterocycles. The number of sulfonamides is 1. The van der Waals surface area contributed by atoms with Crippen molar-refractivity contribution in [2.45, 2.75) is 51.2 Å². The smallest absolute Gasteiger partial charge is 0.264 e. The Morgan fingerprint density at radius 3 is 2.17 bits per heavy atom. The van der Waals surface area contributed by atoms with Gasteiger partial charge in [-0.15, -0.1) is 0 Å². The van der Waals surface area contributed by atoms with Crippen LogP contribution in [0.15, 0.2) is 65.6 Å². The fourth-order valence-electron chi connectivity index (χ4n) is 4.03. The molecule has 0 radical (unpaired) electrons. The molecule has 3 aromatic rings. The SMILES string of the molecule is COc1ccc(Cl)cc1N(CC(=O)N(Cc1ccc(Cl)c(Cl)c1)[C@H](C)C(=O)NC(C)C)S(=O)(=O)c1ccc(C)cc1. The van der Waals surface area contributed by atoms with Gasteiger partial charge in [0.25, 0.3) is 10.0 Å². The monoisotopic (exact) mass is 639 g/mol. The number of nitrogens with one attached hydrogen (secondary N) is 1. The summed E-state index contributed by atoms with van der Waals surface area (Å²) in [7, 11) is -2.90. The number of ether oxygens (including phenoxy) is 1. The molecular weight excluding hydrogens is 609 g/mol. The fourth-order valence-corrected chi connectivity index (χ4v) is 5.93. The standard InChI is InChI=1S/C29H32Cl3N3O5S/c1-18(2)33-29(37)20(4)34(16-21-8-12-24(31)25(32)14-21)28(36)17-35(26-15-22(30)9-13-27(26)40-5)41(38,39)23-10-6-19(3)7-11-23/h6-15,18,20H,16-17H2,1-5H3,(H,33,37)/t20-/m1/s1. The van der Waals surface area contributed by atoms with Gasteiger partial charge in [-0.3, -0.25) is 13.9 Å².